The summed E-state index contributed by atoms with van der Waals surface area (Å²) in [5.74, 6) is 1.13. The number of aromatic nitrogens is 2. The number of nitrogens with zero attached hydrogens (tertiary/aromatic N) is 3. The highest BCUT2D eigenvalue weighted by Gasteiger charge is 2.28. The van der Waals surface area contributed by atoms with Gasteiger partial charge in [0, 0.05) is 38.7 Å². The summed E-state index contributed by atoms with van der Waals surface area (Å²) >= 11 is 0. The Bertz CT molecular complexity index is 2270. The summed E-state index contributed by atoms with van der Waals surface area (Å²) in [5, 5.41) is 3.72. The van der Waals surface area contributed by atoms with E-state index in [1.807, 2.05) is 0 Å². The van der Waals surface area contributed by atoms with Gasteiger partial charge in [-0.25, -0.2) is 0 Å². The molecule has 0 unspecified atom stereocenters. The second kappa shape index (κ2) is 8.48. The van der Waals surface area contributed by atoms with Gasteiger partial charge in [0.1, 0.15) is 5.82 Å². The van der Waals surface area contributed by atoms with Crippen LogP contribution in [0.2, 0.25) is 0 Å². The SMILES string of the molecule is c1ccc(-n2c3ccccc3c3cc(N4c5ccccc5-c5ccccc5-n5c4cc4ccccc45)ccc32)cc1. The van der Waals surface area contributed by atoms with E-state index in [0.29, 0.717) is 0 Å². The van der Waals surface area contributed by atoms with Gasteiger partial charge in [0.15, 0.2) is 0 Å². The second-order valence-corrected chi connectivity index (χ2v) is 10.7. The van der Waals surface area contributed by atoms with Gasteiger partial charge in [-0.15, -0.1) is 0 Å². The van der Waals surface area contributed by atoms with Gasteiger partial charge >= 0.3 is 0 Å². The van der Waals surface area contributed by atoms with E-state index < -0.39 is 0 Å². The van der Waals surface area contributed by atoms with Gasteiger partial charge in [-0.1, -0.05) is 91.0 Å². The number of hydrogen-bond acceptors (Lipinski definition) is 1. The van der Waals surface area contributed by atoms with Gasteiger partial charge < -0.3 is 4.57 Å². The first kappa shape index (κ1) is 22.3. The second-order valence-electron chi connectivity index (χ2n) is 10.7. The highest BCUT2D eigenvalue weighted by Crippen LogP contribution is 2.49. The van der Waals surface area contributed by atoms with Crippen LogP contribution in [0.5, 0.6) is 0 Å². The largest absolute Gasteiger partial charge is 0.309 e. The maximum Gasteiger partial charge on any atom is 0.123 e. The third-order valence-corrected chi connectivity index (χ3v) is 8.43. The lowest BCUT2D eigenvalue weighted by Crippen LogP contribution is -2.12. The third-order valence-electron chi connectivity index (χ3n) is 8.43. The summed E-state index contributed by atoms with van der Waals surface area (Å²) in [7, 11) is 0. The zero-order valence-corrected chi connectivity index (χ0v) is 22.3. The van der Waals surface area contributed by atoms with Crippen LogP contribution in [0, 0.1) is 0 Å². The molecule has 3 heteroatoms. The topological polar surface area (TPSA) is 13.1 Å². The molecule has 2 aromatic heterocycles. The van der Waals surface area contributed by atoms with Crippen molar-refractivity contribution in [2.24, 2.45) is 0 Å². The van der Waals surface area contributed by atoms with E-state index in [4.69, 9.17) is 0 Å². The minimum absolute atomic E-state index is 1.13. The summed E-state index contributed by atoms with van der Waals surface area (Å²) in [5.41, 5.74) is 10.7. The van der Waals surface area contributed by atoms with Crippen molar-refractivity contribution in [2.75, 3.05) is 4.90 Å². The smallest absolute Gasteiger partial charge is 0.123 e. The van der Waals surface area contributed by atoms with Crippen molar-refractivity contribution in [2.45, 2.75) is 0 Å². The molecule has 9 rings (SSSR count). The van der Waals surface area contributed by atoms with Crippen molar-refractivity contribution in [3.05, 3.63) is 152 Å². The first-order valence-electron chi connectivity index (χ1n) is 14.0. The lowest BCUT2D eigenvalue weighted by atomic mass is 10.0. The molecule has 0 spiro atoms. The molecule has 0 saturated carbocycles. The van der Waals surface area contributed by atoms with Crippen molar-refractivity contribution in [1.29, 1.82) is 0 Å². The highest BCUT2D eigenvalue weighted by atomic mass is 15.3. The van der Waals surface area contributed by atoms with E-state index in [-0.39, 0.29) is 0 Å². The van der Waals surface area contributed by atoms with Crippen molar-refractivity contribution in [3.8, 4) is 22.5 Å². The summed E-state index contributed by atoms with van der Waals surface area (Å²) in [6.07, 6.45) is 0. The fourth-order valence-corrected chi connectivity index (χ4v) is 6.70. The molecule has 8 aromatic rings. The Hall–Kier alpha value is -5.54. The fourth-order valence-electron chi connectivity index (χ4n) is 6.70. The van der Waals surface area contributed by atoms with E-state index in [2.05, 4.69) is 166 Å². The quantitative estimate of drug-likeness (QED) is 0.220. The van der Waals surface area contributed by atoms with Crippen molar-refractivity contribution >= 4 is 49.9 Å². The van der Waals surface area contributed by atoms with Crippen LogP contribution in [0.15, 0.2) is 152 Å². The van der Waals surface area contributed by atoms with Crippen LogP contribution in [0.3, 0.4) is 0 Å². The Morgan fingerprint density at radius 1 is 0.366 bits per heavy atom. The molecule has 6 aromatic carbocycles. The van der Waals surface area contributed by atoms with Gasteiger partial charge in [-0.3, -0.25) is 9.47 Å². The lowest BCUT2D eigenvalue weighted by molar-refractivity contribution is 1.09. The molecule has 0 bridgehead atoms. The van der Waals surface area contributed by atoms with Crippen molar-refractivity contribution in [3.63, 3.8) is 0 Å². The van der Waals surface area contributed by atoms with Gasteiger partial charge in [0.25, 0.3) is 0 Å². The number of benzene rings is 6. The molecule has 0 saturated heterocycles. The Kier molecular flexibility index (Phi) is 4.61. The van der Waals surface area contributed by atoms with E-state index >= 15 is 0 Å². The van der Waals surface area contributed by atoms with Crippen LogP contribution in [0.25, 0.3) is 55.2 Å². The Labute approximate surface area is 237 Å². The first-order chi connectivity index (χ1) is 20.4. The number of anilines is 3. The molecular weight excluding hydrogens is 498 g/mol. The van der Waals surface area contributed by atoms with E-state index in [0.717, 1.165) is 11.5 Å². The molecule has 0 atom stereocenters. The molecule has 0 aliphatic carbocycles. The number of hydrogen-bond donors (Lipinski definition) is 0. The molecular formula is C38H25N3. The summed E-state index contributed by atoms with van der Waals surface area (Å²) in [6, 6.07) is 54.8. The first-order valence-corrected chi connectivity index (χ1v) is 14.0. The predicted octanol–water partition coefficient (Wildman–Crippen LogP) is 10.2. The van der Waals surface area contributed by atoms with Gasteiger partial charge in [-0.2, -0.15) is 0 Å². The monoisotopic (exact) mass is 523 g/mol. The average Bonchev–Trinajstić information content (AvgIpc) is 3.54. The molecule has 0 N–H and O–H groups in total. The maximum atomic E-state index is 2.43. The maximum absolute atomic E-state index is 2.43. The molecule has 192 valence electrons. The lowest BCUT2D eigenvalue weighted by Gasteiger charge is -2.26. The molecule has 1 aliphatic heterocycles. The summed E-state index contributed by atoms with van der Waals surface area (Å²) in [4.78, 5) is 2.43. The summed E-state index contributed by atoms with van der Waals surface area (Å²) in [6.45, 7) is 0. The van der Waals surface area contributed by atoms with Crippen LogP contribution in [-0.4, -0.2) is 9.13 Å². The van der Waals surface area contributed by atoms with Crippen LogP contribution >= 0.6 is 0 Å². The fraction of sp³-hybridized carbons (Fsp3) is 0. The zero-order chi connectivity index (χ0) is 26.9. The Balaban J connectivity index is 1.38. The van der Waals surface area contributed by atoms with Gasteiger partial charge in [0.2, 0.25) is 0 Å². The normalized spacial score (nSPS) is 12.3. The zero-order valence-electron chi connectivity index (χ0n) is 22.3. The molecule has 41 heavy (non-hydrogen) atoms. The van der Waals surface area contributed by atoms with Crippen LogP contribution in [0.4, 0.5) is 17.2 Å². The molecule has 1 aliphatic rings. The van der Waals surface area contributed by atoms with E-state index in [1.165, 1.54) is 60.9 Å². The van der Waals surface area contributed by atoms with E-state index in [9.17, 15) is 0 Å². The number of fused-ring (bicyclic) bond motifs is 10. The van der Waals surface area contributed by atoms with E-state index in [1.54, 1.807) is 0 Å². The van der Waals surface area contributed by atoms with Crippen LogP contribution in [0.1, 0.15) is 0 Å². The summed E-state index contributed by atoms with van der Waals surface area (Å²) < 4.78 is 4.79. The minimum atomic E-state index is 1.13. The predicted molar refractivity (Wildman–Crippen MR) is 171 cm³/mol. The van der Waals surface area contributed by atoms with Crippen LogP contribution in [-0.2, 0) is 0 Å². The molecule has 0 amide bonds. The highest BCUT2D eigenvalue weighted by molar-refractivity contribution is 6.11. The molecule has 0 fully saturated rings. The number of rotatable bonds is 2. The Morgan fingerprint density at radius 2 is 1.00 bits per heavy atom. The molecule has 3 heterocycles. The van der Waals surface area contributed by atoms with Crippen molar-refractivity contribution in [1.82, 2.24) is 9.13 Å². The van der Waals surface area contributed by atoms with Crippen molar-refractivity contribution < 1.29 is 0 Å². The van der Waals surface area contributed by atoms with Gasteiger partial charge in [0.05, 0.1) is 27.9 Å². The Morgan fingerprint density at radius 3 is 1.85 bits per heavy atom. The van der Waals surface area contributed by atoms with Crippen LogP contribution < -0.4 is 4.90 Å². The molecule has 0 radical (unpaired) electrons. The average molecular weight is 524 g/mol. The third kappa shape index (κ3) is 3.14. The standard InChI is InChI=1S/C38H25N3/c1-2-13-27(14-3-1)39-34-19-9-7-17-31(34)32-25-28(22-23-37(32)39)40-35-20-10-5-15-29(35)30-16-6-11-21-36(30)41-33-18-8-4-12-26(33)24-38(40)41/h1-25H. The number of para-hydroxylation sites is 5. The molecule has 3 nitrogen and oxygen atoms in total. The van der Waals surface area contributed by atoms with Gasteiger partial charge in [-0.05, 0) is 60.7 Å². The minimum Gasteiger partial charge on any atom is -0.309 e.